The van der Waals surface area contributed by atoms with Gasteiger partial charge in [0.25, 0.3) is 0 Å². The summed E-state index contributed by atoms with van der Waals surface area (Å²) in [6, 6.07) is 1.41. The normalized spacial score (nSPS) is 16.7. The molecule has 1 N–H and O–H groups in total. The lowest BCUT2D eigenvalue weighted by molar-refractivity contribution is 0.0695. The Morgan fingerprint density at radius 2 is 2.17 bits per heavy atom. The molecule has 1 aliphatic rings. The summed E-state index contributed by atoms with van der Waals surface area (Å²) in [5.41, 5.74) is 0.102. The molecule has 1 aromatic rings. The maximum Gasteiger partial charge on any atom is 0.336 e. The van der Waals surface area contributed by atoms with Crippen molar-refractivity contribution >= 4 is 24.7 Å². The number of rotatable bonds is 3. The lowest BCUT2D eigenvalue weighted by Crippen LogP contribution is -2.14. The van der Waals surface area contributed by atoms with E-state index < -0.39 is 11.4 Å². The third-order valence-electron chi connectivity index (χ3n) is 2.56. The Balaban J connectivity index is 2.72. The fraction of sp³-hybridized carbons (Fsp3) is 0.250. The Bertz CT molecular complexity index is 524. The molecule has 0 spiro atoms. The molecule has 1 heterocycles. The summed E-state index contributed by atoms with van der Waals surface area (Å²) in [5.74, 6) is -0.0554. The van der Waals surface area contributed by atoms with Crippen molar-refractivity contribution in [3.63, 3.8) is 0 Å². The molecule has 1 atom stereocenters. The van der Waals surface area contributed by atoms with Gasteiger partial charge in [0.1, 0.15) is 0 Å². The van der Waals surface area contributed by atoms with Crippen LogP contribution in [0.15, 0.2) is 12.1 Å². The number of thiol groups is 1. The first-order chi connectivity index (χ1) is 8.58. The topological polar surface area (TPSA) is 65.0 Å². The van der Waals surface area contributed by atoms with Crippen molar-refractivity contribution < 1.29 is 24.1 Å². The van der Waals surface area contributed by atoms with Crippen molar-refractivity contribution in [2.45, 2.75) is 5.44 Å². The molecule has 0 saturated heterocycles. The van der Waals surface area contributed by atoms with Gasteiger partial charge in [0, 0.05) is 5.56 Å². The number of benzene rings is 1. The van der Waals surface area contributed by atoms with E-state index in [4.69, 9.17) is 14.2 Å². The van der Waals surface area contributed by atoms with Crippen LogP contribution in [0, 0.1) is 0 Å². The van der Waals surface area contributed by atoms with Gasteiger partial charge in [-0.25, -0.2) is 4.79 Å². The summed E-state index contributed by atoms with van der Waals surface area (Å²) in [6.07, 6.45) is 3.31. The zero-order chi connectivity index (χ0) is 13.3. The highest BCUT2D eigenvalue weighted by atomic mass is 32.1. The van der Waals surface area contributed by atoms with Crippen LogP contribution in [-0.4, -0.2) is 30.7 Å². The molecule has 0 aliphatic carbocycles. The van der Waals surface area contributed by atoms with Gasteiger partial charge in [-0.3, -0.25) is 0 Å². The Kier molecular flexibility index (Phi) is 3.38. The minimum absolute atomic E-state index is 0.0964. The van der Waals surface area contributed by atoms with Crippen LogP contribution in [0.1, 0.15) is 15.9 Å². The van der Waals surface area contributed by atoms with E-state index in [2.05, 4.69) is 12.6 Å². The van der Waals surface area contributed by atoms with Gasteiger partial charge in [-0.15, -0.1) is 12.6 Å². The minimum Gasteiger partial charge on any atom is -0.493 e. The molecule has 1 aliphatic heterocycles. The van der Waals surface area contributed by atoms with Crippen LogP contribution in [0.3, 0.4) is 0 Å². The Morgan fingerprint density at radius 1 is 1.44 bits per heavy atom. The SMILES string of the molecule is COc1cc(C(=O)O)c2c(c1OC)OC(S)C=C2. The number of carbonyl (C=O) groups is 1. The molecule has 1 aromatic carbocycles. The highest BCUT2D eigenvalue weighted by molar-refractivity contribution is 7.81. The third-order valence-corrected chi connectivity index (χ3v) is 2.84. The van der Waals surface area contributed by atoms with E-state index in [1.165, 1.54) is 20.3 Å². The molecule has 0 aromatic heterocycles. The van der Waals surface area contributed by atoms with Crippen molar-refractivity contribution in [1.82, 2.24) is 0 Å². The molecule has 18 heavy (non-hydrogen) atoms. The fourth-order valence-electron chi connectivity index (χ4n) is 1.77. The highest BCUT2D eigenvalue weighted by Gasteiger charge is 2.26. The van der Waals surface area contributed by atoms with E-state index in [1.807, 2.05) is 0 Å². The summed E-state index contributed by atoms with van der Waals surface area (Å²) in [4.78, 5) is 11.2. The first kappa shape index (κ1) is 12.6. The second-order valence-corrected chi connectivity index (χ2v) is 4.08. The molecule has 0 fully saturated rings. The standard InChI is InChI=1S/C12H12O5S/c1-15-8-5-7(12(13)14)6-3-4-9(18)17-10(6)11(8)16-2/h3-5,9,18H,1-2H3,(H,13,14). The van der Waals surface area contributed by atoms with Crippen molar-refractivity contribution in [2.75, 3.05) is 14.2 Å². The Labute approximate surface area is 109 Å². The van der Waals surface area contributed by atoms with Crippen molar-refractivity contribution in [3.05, 3.63) is 23.3 Å². The van der Waals surface area contributed by atoms with E-state index in [-0.39, 0.29) is 5.56 Å². The Hall–Kier alpha value is -1.82. The van der Waals surface area contributed by atoms with Crippen LogP contribution in [0.4, 0.5) is 0 Å². The summed E-state index contributed by atoms with van der Waals surface area (Å²) in [5, 5.41) is 9.19. The lowest BCUT2D eigenvalue weighted by atomic mass is 10.0. The molecular weight excluding hydrogens is 256 g/mol. The molecule has 5 nitrogen and oxygen atoms in total. The predicted molar refractivity (Wildman–Crippen MR) is 68.9 cm³/mol. The van der Waals surface area contributed by atoms with Gasteiger partial charge in [0.2, 0.25) is 5.75 Å². The van der Waals surface area contributed by atoms with Crippen LogP contribution >= 0.6 is 12.6 Å². The molecule has 0 saturated carbocycles. The predicted octanol–water partition coefficient (Wildman–Crippen LogP) is 2.06. The summed E-state index contributed by atoms with van der Waals surface area (Å²) >= 11 is 4.17. The number of ether oxygens (including phenoxy) is 3. The average Bonchev–Trinajstić information content (AvgIpc) is 2.36. The molecule has 0 radical (unpaired) electrons. The van der Waals surface area contributed by atoms with E-state index in [0.717, 1.165) is 0 Å². The first-order valence-corrected chi connectivity index (χ1v) is 5.65. The second kappa shape index (κ2) is 4.81. The quantitative estimate of drug-likeness (QED) is 0.821. The lowest BCUT2D eigenvalue weighted by Gasteiger charge is -2.22. The van der Waals surface area contributed by atoms with Gasteiger partial charge in [-0.1, -0.05) is 0 Å². The number of hydrogen-bond acceptors (Lipinski definition) is 5. The monoisotopic (exact) mass is 268 g/mol. The van der Waals surface area contributed by atoms with E-state index in [1.54, 1.807) is 12.2 Å². The van der Waals surface area contributed by atoms with Crippen LogP contribution in [-0.2, 0) is 0 Å². The van der Waals surface area contributed by atoms with Crippen molar-refractivity contribution in [2.24, 2.45) is 0 Å². The number of aromatic carboxylic acids is 1. The van der Waals surface area contributed by atoms with Crippen LogP contribution < -0.4 is 14.2 Å². The van der Waals surface area contributed by atoms with Crippen LogP contribution in [0.25, 0.3) is 6.08 Å². The van der Waals surface area contributed by atoms with Gasteiger partial charge in [-0.05, 0) is 18.2 Å². The largest absolute Gasteiger partial charge is 0.493 e. The molecule has 0 amide bonds. The smallest absolute Gasteiger partial charge is 0.336 e. The summed E-state index contributed by atoms with van der Waals surface area (Å²) in [7, 11) is 2.90. The van der Waals surface area contributed by atoms with Gasteiger partial charge >= 0.3 is 5.97 Å². The average molecular weight is 268 g/mol. The fourth-order valence-corrected chi connectivity index (χ4v) is 1.97. The maximum absolute atomic E-state index is 11.2. The zero-order valence-corrected chi connectivity index (χ0v) is 10.7. The summed E-state index contributed by atoms with van der Waals surface area (Å²) < 4.78 is 15.8. The zero-order valence-electron chi connectivity index (χ0n) is 9.84. The van der Waals surface area contributed by atoms with Crippen LogP contribution in [0.2, 0.25) is 0 Å². The number of methoxy groups -OCH3 is 2. The minimum atomic E-state index is -1.06. The second-order valence-electron chi connectivity index (χ2n) is 3.58. The van der Waals surface area contributed by atoms with Gasteiger partial charge in [0.05, 0.1) is 19.8 Å². The molecule has 0 bridgehead atoms. The highest BCUT2D eigenvalue weighted by Crippen LogP contribution is 2.45. The molecule has 96 valence electrons. The molecule has 1 unspecified atom stereocenters. The Morgan fingerprint density at radius 3 is 2.72 bits per heavy atom. The molecular formula is C12H12O5S. The van der Waals surface area contributed by atoms with E-state index in [0.29, 0.717) is 22.8 Å². The molecule has 6 heteroatoms. The van der Waals surface area contributed by atoms with Crippen molar-refractivity contribution in [1.29, 1.82) is 0 Å². The van der Waals surface area contributed by atoms with E-state index >= 15 is 0 Å². The third kappa shape index (κ3) is 1.99. The number of hydrogen-bond donors (Lipinski definition) is 2. The number of carboxylic acid groups (broad SMARTS) is 1. The number of fused-ring (bicyclic) bond motifs is 1. The van der Waals surface area contributed by atoms with Gasteiger partial charge < -0.3 is 19.3 Å². The van der Waals surface area contributed by atoms with Crippen LogP contribution in [0.5, 0.6) is 17.2 Å². The van der Waals surface area contributed by atoms with Gasteiger partial charge in [-0.2, -0.15) is 0 Å². The maximum atomic E-state index is 11.2. The van der Waals surface area contributed by atoms with Gasteiger partial charge in [0.15, 0.2) is 16.9 Å². The van der Waals surface area contributed by atoms with E-state index in [9.17, 15) is 9.90 Å². The van der Waals surface area contributed by atoms with Crippen molar-refractivity contribution in [3.8, 4) is 17.2 Å². The first-order valence-electron chi connectivity index (χ1n) is 5.13. The molecule has 2 rings (SSSR count). The summed E-state index contributed by atoms with van der Waals surface area (Å²) in [6.45, 7) is 0. The number of carboxylic acids is 1.